The van der Waals surface area contributed by atoms with Crippen LogP contribution in [0, 0.1) is 5.41 Å². The summed E-state index contributed by atoms with van der Waals surface area (Å²) in [5.41, 5.74) is -0.865. The number of carbonyl (C=O) groups is 2. The highest BCUT2D eigenvalue weighted by Crippen LogP contribution is 2.15. The molecule has 0 bridgehead atoms. The highest BCUT2D eigenvalue weighted by Gasteiger charge is 2.28. The van der Waals surface area contributed by atoms with Crippen LogP contribution in [0.15, 0.2) is 0 Å². The third-order valence-electron chi connectivity index (χ3n) is 1.40. The van der Waals surface area contributed by atoms with E-state index in [1.165, 1.54) is 4.90 Å². The molecule has 64 valence electrons. The Balaban J connectivity index is 4.11. The highest BCUT2D eigenvalue weighted by molar-refractivity contribution is 5.74. The van der Waals surface area contributed by atoms with Crippen LogP contribution in [-0.4, -0.2) is 36.0 Å². The van der Waals surface area contributed by atoms with Crippen LogP contribution >= 0.6 is 0 Å². The largest absolute Gasteiger partial charge is 0.481 e. The van der Waals surface area contributed by atoms with Gasteiger partial charge in [-0.1, -0.05) is 0 Å². The van der Waals surface area contributed by atoms with Crippen molar-refractivity contribution >= 4 is 12.4 Å². The average molecular weight is 159 g/mol. The minimum Gasteiger partial charge on any atom is -0.481 e. The van der Waals surface area contributed by atoms with E-state index in [2.05, 4.69) is 0 Å². The van der Waals surface area contributed by atoms with Gasteiger partial charge in [0.15, 0.2) is 0 Å². The molecule has 4 heteroatoms. The van der Waals surface area contributed by atoms with Crippen LogP contribution in [0.25, 0.3) is 0 Å². The summed E-state index contributed by atoms with van der Waals surface area (Å²) in [6.45, 7) is 3.39. The topological polar surface area (TPSA) is 57.6 Å². The van der Waals surface area contributed by atoms with Crippen LogP contribution in [-0.2, 0) is 9.59 Å². The molecule has 0 aliphatic carbocycles. The van der Waals surface area contributed by atoms with Crippen molar-refractivity contribution in [3.8, 4) is 0 Å². The molecular weight excluding hydrogens is 146 g/mol. The van der Waals surface area contributed by atoms with E-state index >= 15 is 0 Å². The van der Waals surface area contributed by atoms with Crippen molar-refractivity contribution in [2.75, 3.05) is 13.6 Å². The predicted octanol–water partition coefficient (Wildman–Crippen LogP) is 0.185. The molecule has 0 aliphatic heterocycles. The molecule has 0 unspecified atom stereocenters. The van der Waals surface area contributed by atoms with Gasteiger partial charge in [-0.15, -0.1) is 0 Å². The van der Waals surface area contributed by atoms with Crippen molar-refractivity contribution < 1.29 is 14.7 Å². The molecular formula is C7H13NO3. The van der Waals surface area contributed by atoms with Crippen LogP contribution in [0.5, 0.6) is 0 Å². The number of hydrogen-bond donors (Lipinski definition) is 1. The van der Waals surface area contributed by atoms with E-state index in [9.17, 15) is 9.59 Å². The van der Waals surface area contributed by atoms with Gasteiger partial charge in [0.05, 0.1) is 5.41 Å². The Bertz CT molecular complexity index is 165. The molecule has 0 aliphatic rings. The fourth-order valence-electron chi connectivity index (χ4n) is 0.728. The maximum atomic E-state index is 10.5. The standard InChI is InChI=1S/C7H13NO3/c1-7(2,6(10)11)4-8(3)5-9/h5H,4H2,1-3H3,(H,10,11). The molecule has 1 amide bonds. The highest BCUT2D eigenvalue weighted by atomic mass is 16.4. The maximum absolute atomic E-state index is 10.5. The predicted molar refractivity (Wildman–Crippen MR) is 40.1 cm³/mol. The normalized spacial score (nSPS) is 10.8. The van der Waals surface area contributed by atoms with Crippen molar-refractivity contribution in [3.63, 3.8) is 0 Å². The molecule has 0 saturated carbocycles. The second-order valence-corrected chi connectivity index (χ2v) is 3.21. The van der Waals surface area contributed by atoms with Gasteiger partial charge in [0.1, 0.15) is 0 Å². The van der Waals surface area contributed by atoms with Crippen LogP contribution < -0.4 is 0 Å². The van der Waals surface area contributed by atoms with Crippen molar-refractivity contribution in [3.05, 3.63) is 0 Å². The summed E-state index contributed by atoms with van der Waals surface area (Å²) in [7, 11) is 1.55. The quantitative estimate of drug-likeness (QED) is 0.595. The minimum atomic E-state index is -0.897. The Morgan fingerprint density at radius 1 is 1.64 bits per heavy atom. The summed E-state index contributed by atoms with van der Waals surface area (Å²) >= 11 is 0. The van der Waals surface area contributed by atoms with Crippen LogP contribution in [0.1, 0.15) is 13.8 Å². The van der Waals surface area contributed by atoms with Crippen molar-refractivity contribution in [1.29, 1.82) is 0 Å². The molecule has 11 heavy (non-hydrogen) atoms. The summed E-state index contributed by atoms with van der Waals surface area (Å²) in [6, 6.07) is 0. The molecule has 0 spiro atoms. The van der Waals surface area contributed by atoms with Gasteiger partial charge in [0.25, 0.3) is 0 Å². The van der Waals surface area contributed by atoms with Gasteiger partial charge >= 0.3 is 5.97 Å². The third-order valence-corrected chi connectivity index (χ3v) is 1.40. The lowest BCUT2D eigenvalue weighted by Gasteiger charge is -2.23. The first kappa shape index (κ1) is 9.94. The summed E-state index contributed by atoms with van der Waals surface area (Å²) in [6.07, 6.45) is 0.616. The number of carboxylic acid groups (broad SMARTS) is 1. The molecule has 0 aromatic carbocycles. The first-order valence-electron chi connectivity index (χ1n) is 3.29. The second kappa shape index (κ2) is 3.37. The SMILES string of the molecule is CN(C=O)CC(C)(C)C(=O)O. The van der Waals surface area contributed by atoms with Crippen molar-refractivity contribution in [2.24, 2.45) is 5.41 Å². The first-order valence-corrected chi connectivity index (χ1v) is 3.29. The lowest BCUT2D eigenvalue weighted by Crippen LogP contribution is -2.36. The number of aliphatic carboxylic acids is 1. The summed E-state index contributed by atoms with van der Waals surface area (Å²) in [5.74, 6) is -0.897. The van der Waals surface area contributed by atoms with E-state index < -0.39 is 11.4 Å². The van der Waals surface area contributed by atoms with Gasteiger partial charge in [-0.3, -0.25) is 9.59 Å². The van der Waals surface area contributed by atoms with Crippen LogP contribution in [0.4, 0.5) is 0 Å². The number of amides is 1. The molecule has 0 aromatic rings. The number of nitrogens with zero attached hydrogens (tertiary/aromatic N) is 1. The molecule has 0 heterocycles. The number of hydrogen-bond acceptors (Lipinski definition) is 2. The smallest absolute Gasteiger partial charge is 0.310 e. The fourth-order valence-corrected chi connectivity index (χ4v) is 0.728. The lowest BCUT2D eigenvalue weighted by atomic mass is 9.93. The molecule has 4 nitrogen and oxygen atoms in total. The van der Waals surface area contributed by atoms with Gasteiger partial charge in [-0.25, -0.2) is 0 Å². The van der Waals surface area contributed by atoms with E-state index in [0.717, 1.165) is 0 Å². The number of rotatable bonds is 4. The zero-order valence-corrected chi connectivity index (χ0v) is 7.00. The summed E-state index contributed by atoms with van der Waals surface area (Å²) < 4.78 is 0. The van der Waals surface area contributed by atoms with Gasteiger partial charge < -0.3 is 10.0 Å². The van der Waals surface area contributed by atoms with Gasteiger partial charge in [-0.2, -0.15) is 0 Å². The zero-order valence-electron chi connectivity index (χ0n) is 7.00. The molecule has 0 rings (SSSR count). The summed E-state index contributed by atoms with van der Waals surface area (Å²) in [5, 5.41) is 8.64. The summed E-state index contributed by atoms with van der Waals surface area (Å²) in [4.78, 5) is 22.0. The van der Waals surface area contributed by atoms with Crippen molar-refractivity contribution in [2.45, 2.75) is 13.8 Å². The van der Waals surface area contributed by atoms with E-state index in [1.54, 1.807) is 20.9 Å². The number of carbonyl (C=O) groups excluding carboxylic acids is 1. The third kappa shape index (κ3) is 3.02. The molecule has 1 N–H and O–H groups in total. The van der Waals surface area contributed by atoms with Crippen LogP contribution in [0.3, 0.4) is 0 Å². The van der Waals surface area contributed by atoms with E-state index in [0.29, 0.717) is 6.41 Å². The molecule has 0 atom stereocenters. The lowest BCUT2D eigenvalue weighted by molar-refractivity contribution is -0.148. The van der Waals surface area contributed by atoms with Crippen molar-refractivity contribution in [1.82, 2.24) is 4.90 Å². The maximum Gasteiger partial charge on any atom is 0.310 e. The Morgan fingerprint density at radius 2 is 2.09 bits per heavy atom. The Kier molecular flexibility index (Phi) is 3.04. The van der Waals surface area contributed by atoms with E-state index in [-0.39, 0.29) is 6.54 Å². The fraction of sp³-hybridized carbons (Fsp3) is 0.714. The number of carboxylic acids is 1. The van der Waals surface area contributed by atoms with Crippen LogP contribution in [0.2, 0.25) is 0 Å². The molecule has 0 saturated heterocycles. The minimum absolute atomic E-state index is 0.228. The molecule has 0 radical (unpaired) electrons. The van der Waals surface area contributed by atoms with E-state index in [1.807, 2.05) is 0 Å². The van der Waals surface area contributed by atoms with Gasteiger partial charge in [-0.05, 0) is 13.8 Å². The zero-order chi connectivity index (χ0) is 9.07. The Labute approximate surface area is 65.8 Å². The van der Waals surface area contributed by atoms with Gasteiger partial charge in [0, 0.05) is 13.6 Å². The Morgan fingerprint density at radius 3 is 2.36 bits per heavy atom. The van der Waals surface area contributed by atoms with Gasteiger partial charge in [0.2, 0.25) is 6.41 Å². The first-order chi connectivity index (χ1) is 4.90. The Hall–Kier alpha value is -1.06. The van der Waals surface area contributed by atoms with E-state index in [4.69, 9.17) is 5.11 Å². The molecule has 0 fully saturated rings. The average Bonchev–Trinajstić information content (AvgIpc) is 1.86. The molecule has 0 aromatic heterocycles. The monoisotopic (exact) mass is 159 g/mol. The second-order valence-electron chi connectivity index (χ2n) is 3.21.